The monoisotopic (exact) mass is 167 g/mol. The van der Waals surface area contributed by atoms with Crippen LogP contribution in [0.2, 0.25) is 0 Å². The van der Waals surface area contributed by atoms with Gasteiger partial charge in [0.25, 0.3) is 0 Å². The lowest BCUT2D eigenvalue weighted by molar-refractivity contribution is 0.186. The molecule has 0 aromatic heterocycles. The molecule has 0 amide bonds. The fourth-order valence-corrected chi connectivity index (χ4v) is 1.06. The maximum atomic E-state index is 10.1. The van der Waals surface area contributed by atoms with E-state index in [4.69, 9.17) is 0 Å². The molecule has 0 heterocycles. The summed E-state index contributed by atoms with van der Waals surface area (Å²) in [6.07, 6.45) is 7.59. The van der Waals surface area contributed by atoms with Gasteiger partial charge in [0.15, 0.2) is 0 Å². The SMILES string of the molecule is CCC#CCCCCCCC[O]. The first kappa shape index (κ1) is 11.5. The highest BCUT2D eigenvalue weighted by molar-refractivity contribution is 4.97. The van der Waals surface area contributed by atoms with Crippen LogP contribution >= 0.6 is 0 Å². The van der Waals surface area contributed by atoms with Gasteiger partial charge < -0.3 is 0 Å². The molecule has 0 saturated carbocycles. The molecule has 0 rings (SSSR count). The van der Waals surface area contributed by atoms with Crippen molar-refractivity contribution in [2.24, 2.45) is 0 Å². The van der Waals surface area contributed by atoms with Crippen molar-refractivity contribution < 1.29 is 5.11 Å². The van der Waals surface area contributed by atoms with E-state index in [1.54, 1.807) is 0 Å². The second-order valence-corrected chi connectivity index (χ2v) is 2.93. The lowest BCUT2D eigenvalue weighted by Gasteiger charge is -1.95. The third-order valence-electron chi connectivity index (χ3n) is 1.75. The van der Waals surface area contributed by atoms with E-state index in [9.17, 15) is 5.11 Å². The van der Waals surface area contributed by atoms with E-state index in [2.05, 4.69) is 18.8 Å². The Morgan fingerprint density at radius 2 is 1.58 bits per heavy atom. The average molecular weight is 167 g/mol. The van der Waals surface area contributed by atoms with E-state index in [1.807, 2.05) is 0 Å². The number of rotatable bonds is 6. The Bertz CT molecular complexity index is 130. The number of hydrogen-bond donors (Lipinski definition) is 0. The summed E-state index contributed by atoms with van der Waals surface area (Å²) < 4.78 is 0. The molecule has 12 heavy (non-hydrogen) atoms. The predicted molar refractivity (Wildman–Crippen MR) is 51.3 cm³/mol. The van der Waals surface area contributed by atoms with Gasteiger partial charge in [0.1, 0.15) is 0 Å². The van der Waals surface area contributed by atoms with E-state index in [0.29, 0.717) is 0 Å². The zero-order valence-corrected chi connectivity index (χ0v) is 8.07. The molecule has 0 saturated heterocycles. The molecule has 0 aromatic carbocycles. The summed E-state index contributed by atoms with van der Waals surface area (Å²) in [6, 6.07) is 0. The van der Waals surface area contributed by atoms with Crippen molar-refractivity contribution in [2.45, 2.75) is 51.9 Å². The molecule has 69 valence electrons. The van der Waals surface area contributed by atoms with Crippen molar-refractivity contribution in [1.82, 2.24) is 0 Å². The average Bonchev–Trinajstić information content (AvgIpc) is 2.10. The highest BCUT2D eigenvalue weighted by Gasteiger charge is 1.88. The van der Waals surface area contributed by atoms with Crippen LogP contribution in [0.4, 0.5) is 0 Å². The van der Waals surface area contributed by atoms with E-state index in [1.165, 1.54) is 19.3 Å². The minimum absolute atomic E-state index is 0.0929. The van der Waals surface area contributed by atoms with Crippen molar-refractivity contribution in [2.75, 3.05) is 6.61 Å². The summed E-state index contributed by atoms with van der Waals surface area (Å²) in [7, 11) is 0. The normalized spacial score (nSPS) is 9.17. The molecule has 0 aliphatic rings. The molecule has 0 fully saturated rings. The van der Waals surface area contributed by atoms with Gasteiger partial charge >= 0.3 is 0 Å². The second kappa shape index (κ2) is 10.5. The first-order valence-corrected chi connectivity index (χ1v) is 4.95. The third kappa shape index (κ3) is 9.52. The third-order valence-corrected chi connectivity index (χ3v) is 1.75. The predicted octanol–water partition coefficient (Wildman–Crippen LogP) is 3.17. The molecule has 0 aliphatic carbocycles. The Kier molecular flexibility index (Phi) is 10.1. The van der Waals surface area contributed by atoms with Crippen molar-refractivity contribution in [3.63, 3.8) is 0 Å². The lowest BCUT2D eigenvalue weighted by Crippen LogP contribution is -1.81. The summed E-state index contributed by atoms with van der Waals surface area (Å²) in [5.74, 6) is 6.16. The Hall–Kier alpha value is -0.480. The number of hydrogen-bond acceptors (Lipinski definition) is 0. The van der Waals surface area contributed by atoms with E-state index in [0.717, 1.165) is 25.7 Å². The molecule has 1 radical (unpaired) electrons. The second-order valence-electron chi connectivity index (χ2n) is 2.93. The molecule has 0 spiro atoms. The Morgan fingerprint density at radius 3 is 2.25 bits per heavy atom. The van der Waals surface area contributed by atoms with Crippen molar-refractivity contribution in [3.8, 4) is 11.8 Å². The van der Waals surface area contributed by atoms with Gasteiger partial charge in [-0.05, 0) is 12.8 Å². The molecule has 0 aromatic rings. The minimum Gasteiger partial charge on any atom is -0.237 e. The van der Waals surface area contributed by atoms with Crippen LogP contribution in [0.3, 0.4) is 0 Å². The highest BCUT2D eigenvalue weighted by atomic mass is 16.2. The van der Waals surface area contributed by atoms with Gasteiger partial charge in [-0.2, -0.15) is 0 Å². The van der Waals surface area contributed by atoms with Crippen LogP contribution in [-0.4, -0.2) is 6.61 Å². The van der Waals surface area contributed by atoms with Crippen LogP contribution in [0.15, 0.2) is 0 Å². The zero-order chi connectivity index (χ0) is 9.07. The Morgan fingerprint density at radius 1 is 0.917 bits per heavy atom. The Balaban J connectivity index is 2.91. The summed E-state index contributed by atoms with van der Waals surface area (Å²) in [4.78, 5) is 0. The molecule has 1 heteroatoms. The Labute approximate surface area is 76.2 Å². The van der Waals surface area contributed by atoms with Crippen molar-refractivity contribution in [1.29, 1.82) is 0 Å². The topological polar surface area (TPSA) is 19.9 Å². The van der Waals surface area contributed by atoms with Gasteiger partial charge in [0.2, 0.25) is 0 Å². The van der Waals surface area contributed by atoms with E-state index in [-0.39, 0.29) is 6.61 Å². The van der Waals surface area contributed by atoms with Crippen molar-refractivity contribution in [3.05, 3.63) is 0 Å². The van der Waals surface area contributed by atoms with Crippen LogP contribution in [0.1, 0.15) is 51.9 Å². The largest absolute Gasteiger partial charge is 0.237 e. The van der Waals surface area contributed by atoms with E-state index < -0.39 is 0 Å². The fraction of sp³-hybridized carbons (Fsp3) is 0.818. The quantitative estimate of drug-likeness (QED) is 0.428. The summed E-state index contributed by atoms with van der Waals surface area (Å²) in [5.41, 5.74) is 0. The van der Waals surface area contributed by atoms with Crippen molar-refractivity contribution >= 4 is 0 Å². The maximum absolute atomic E-state index is 10.1. The fourth-order valence-electron chi connectivity index (χ4n) is 1.06. The molecule has 0 N–H and O–H groups in total. The molecular weight excluding hydrogens is 148 g/mol. The molecule has 1 nitrogen and oxygen atoms in total. The summed E-state index contributed by atoms with van der Waals surface area (Å²) in [5, 5.41) is 10.1. The first-order chi connectivity index (χ1) is 5.91. The van der Waals surface area contributed by atoms with Gasteiger partial charge in [-0.15, -0.1) is 11.8 Å². The lowest BCUT2D eigenvalue weighted by atomic mass is 10.1. The van der Waals surface area contributed by atoms with Crippen LogP contribution in [0.25, 0.3) is 0 Å². The highest BCUT2D eigenvalue weighted by Crippen LogP contribution is 2.04. The smallest absolute Gasteiger partial charge is 0.0822 e. The van der Waals surface area contributed by atoms with Gasteiger partial charge in [0, 0.05) is 12.8 Å². The van der Waals surface area contributed by atoms with E-state index >= 15 is 0 Å². The molecular formula is C11H19O. The van der Waals surface area contributed by atoms with Crippen LogP contribution < -0.4 is 0 Å². The minimum atomic E-state index is 0.0929. The van der Waals surface area contributed by atoms with Gasteiger partial charge in [-0.25, -0.2) is 5.11 Å². The van der Waals surface area contributed by atoms with Crippen LogP contribution in [0.5, 0.6) is 0 Å². The summed E-state index contributed by atoms with van der Waals surface area (Å²) >= 11 is 0. The van der Waals surface area contributed by atoms with Crippen LogP contribution in [0, 0.1) is 11.8 Å². The molecule has 0 aliphatic heterocycles. The molecule has 0 atom stereocenters. The maximum Gasteiger partial charge on any atom is 0.0822 e. The van der Waals surface area contributed by atoms with Gasteiger partial charge in [-0.1, -0.05) is 26.2 Å². The van der Waals surface area contributed by atoms with Gasteiger partial charge in [0.05, 0.1) is 6.61 Å². The first-order valence-electron chi connectivity index (χ1n) is 4.95. The summed E-state index contributed by atoms with van der Waals surface area (Å²) in [6.45, 7) is 2.16. The number of unbranched alkanes of at least 4 members (excludes halogenated alkanes) is 5. The van der Waals surface area contributed by atoms with Crippen LogP contribution in [-0.2, 0) is 5.11 Å². The zero-order valence-electron chi connectivity index (χ0n) is 8.07. The molecule has 0 unspecified atom stereocenters. The molecule has 0 bridgehead atoms. The standard InChI is InChI=1S/C11H19O/c1-2-3-4-5-6-7-8-9-10-11-12/h2,5-11H2,1H3. The van der Waals surface area contributed by atoms with Gasteiger partial charge in [-0.3, -0.25) is 0 Å².